The Morgan fingerprint density at radius 1 is 0.329 bits per heavy atom. The largest absolute Gasteiger partial charge is 0.232 e. The smallest absolute Gasteiger partial charge is 0.149 e. The van der Waals surface area contributed by atoms with E-state index in [1.54, 1.807) is 0 Å². The Hall–Kier alpha value is -8.86. The maximum Gasteiger partial charge on any atom is 0.149 e. The zero-order valence-electron chi connectivity index (χ0n) is 38.5. The first-order valence-electron chi connectivity index (χ1n) is 24.2. The molecular weight excluding hydrogens is 849 g/mol. The van der Waals surface area contributed by atoms with Crippen LogP contribution in [0.2, 0.25) is 0 Å². The van der Waals surface area contributed by atoms with Crippen molar-refractivity contribution in [3.8, 4) is 56.2 Å². The molecule has 4 aliphatic rings. The van der Waals surface area contributed by atoms with Gasteiger partial charge in [0.25, 0.3) is 0 Å². The van der Waals surface area contributed by atoms with Gasteiger partial charge in [0.1, 0.15) is 17.1 Å². The fourth-order valence-corrected chi connectivity index (χ4v) is 11.3. The fourth-order valence-electron chi connectivity index (χ4n) is 11.3. The third-order valence-electron chi connectivity index (χ3n) is 14.6. The average Bonchev–Trinajstić information content (AvgIpc) is 3.84. The number of aromatic nitrogens is 4. The van der Waals surface area contributed by atoms with E-state index in [0.29, 0.717) is 6.42 Å². The molecule has 4 heteroatoms. The van der Waals surface area contributed by atoms with Gasteiger partial charge in [-0.3, -0.25) is 0 Å². The summed E-state index contributed by atoms with van der Waals surface area (Å²) in [5, 5.41) is 0. The van der Waals surface area contributed by atoms with Crippen LogP contribution in [-0.2, 0) is 17.3 Å². The molecule has 70 heavy (non-hydrogen) atoms. The molecule has 2 bridgehead atoms. The predicted octanol–water partition coefficient (Wildman–Crippen LogP) is 15.1. The van der Waals surface area contributed by atoms with Gasteiger partial charge in [-0.2, -0.15) is 0 Å². The van der Waals surface area contributed by atoms with Gasteiger partial charge in [0.15, 0.2) is 0 Å². The number of allylic oxidation sites excluding steroid dienone is 6. The van der Waals surface area contributed by atoms with Gasteiger partial charge in [0.2, 0.25) is 0 Å². The standard InChI is InChI=1S/C66H46N4/c1-2-7-21-45(20-6-1)47-34-38-51(39-35-47)61-42-59(49-24-10-4-11-25-49)67-63(68-61)65-44-53-28-14-15-29-54(53)66(57-32-18-16-30-55(57)65,58-33-19-17-31-56(58)65)64-69-60(50-26-12-5-13-27-50)43-62(70-64)52-40-36-48(37-41-52)46-22-8-3-9-23-46/h1,3-43H,2,44H2. The summed E-state index contributed by atoms with van der Waals surface area (Å²) in [6, 6.07) is 80.4. The zero-order valence-corrected chi connectivity index (χ0v) is 38.5. The van der Waals surface area contributed by atoms with Crippen LogP contribution in [0.3, 0.4) is 0 Å². The van der Waals surface area contributed by atoms with Crippen molar-refractivity contribution in [3.63, 3.8) is 0 Å². The van der Waals surface area contributed by atoms with E-state index < -0.39 is 10.8 Å². The molecule has 0 N–H and O–H groups in total. The van der Waals surface area contributed by atoms with Crippen molar-refractivity contribution >= 4 is 5.57 Å². The summed E-state index contributed by atoms with van der Waals surface area (Å²) in [4.78, 5) is 22.9. The first-order valence-corrected chi connectivity index (χ1v) is 24.2. The molecule has 0 spiro atoms. The van der Waals surface area contributed by atoms with Gasteiger partial charge in [-0.25, -0.2) is 19.9 Å². The second-order valence-electron chi connectivity index (χ2n) is 18.4. The highest BCUT2D eigenvalue weighted by molar-refractivity contribution is 5.80. The minimum absolute atomic E-state index is 0.635. The molecule has 10 aromatic rings. The second kappa shape index (κ2) is 17.0. The zero-order chi connectivity index (χ0) is 46.5. The summed E-state index contributed by atoms with van der Waals surface area (Å²) in [6.07, 6.45) is 12.5. The topological polar surface area (TPSA) is 51.6 Å². The van der Waals surface area contributed by atoms with E-state index in [9.17, 15) is 0 Å². The van der Waals surface area contributed by atoms with Crippen LogP contribution < -0.4 is 0 Å². The molecule has 0 fully saturated rings. The molecule has 14 rings (SSSR count). The van der Waals surface area contributed by atoms with Crippen LogP contribution in [0.5, 0.6) is 0 Å². The molecule has 4 nitrogen and oxygen atoms in total. The summed E-state index contributed by atoms with van der Waals surface area (Å²) in [5.74, 6) is 1.49. The van der Waals surface area contributed by atoms with Crippen molar-refractivity contribution < 1.29 is 0 Å². The van der Waals surface area contributed by atoms with Crippen molar-refractivity contribution in [2.24, 2.45) is 0 Å². The Morgan fingerprint density at radius 3 is 1.27 bits per heavy atom. The lowest BCUT2D eigenvalue weighted by molar-refractivity contribution is 0.537. The number of nitrogens with zero attached hydrogens (tertiary/aromatic N) is 4. The normalized spacial score (nSPS) is 17.4. The molecule has 8 aromatic carbocycles. The number of benzene rings is 8. The molecule has 4 aliphatic carbocycles. The molecule has 0 aliphatic heterocycles. The van der Waals surface area contributed by atoms with Gasteiger partial charge < -0.3 is 0 Å². The lowest BCUT2D eigenvalue weighted by Gasteiger charge is -2.45. The Bertz CT molecular complexity index is 3640. The van der Waals surface area contributed by atoms with Gasteiger partial charge in [-0.05, 0) is 80.6 Å². The van der Waals surface area contributed by atoms with E-state index in [0.717, 1.165) is 96.5 Å². The van der Waals surface area contributed by atoms with Crippen LogP contribution in [0.15, 0.2) is 255 Å². The monoisotopic (exact) mass is 894 g/mol. The molecule has 0 amide bonds. The molecule has 0 radical (unpaired) electrons. The van der Waals surface area contributed by atoms with E-state index in [-0.39, 0.29) is 0 Å². The maximum atomic E-state index is 5.76. The van der Waals surface area contributed by atoms with Crippen LogP contribution in [-0.4, -0.2) is 19.9 Å². The first kappa shape index (κ1) is 41.3. The van der Waals surface area contributed by atoms with Crippen LogP contribution in [0, 0.1) is 0 Å². The van der Waals surface area contributed by atoms with Crippen LogP contribution in [0.1, 0.15) is 57.0 Å². The molecule has 0 saturated carbocycles. The van der Waals surface area contributed by atoms with E-state index in [4.69, 9.17) is 19.9 Å². The Morgan fingerprint density at radius 2 is 0.729 bits per heavy atom. The first-order chi connectivity index (χ1) is 34.7. The second-order valence-corrected chi connectivity index (χ2v) is 18.4. The Balaban J connectivity index is 1.07. The van der Waals surface area contributed by atoms with Crippen LogP contribution in [0.4, 0.5) is 0 Å². The minimum Gasteiger partial charge on any atom is -0.232 e. The highest BCUT2D eigenvalue weighted by Crippen LogP contribution is 2.61. The van der Waals surface area contributed by atoms with Crippen molar-refractivity contribution in [2.45, 2.75) is 23.7 Å². The van der Waals surface area contributed by atoms with Crippen LogP contribution in [0.25, 0.3) is 61.7 Å². The van der Waals surface area contributed by atoms with E-state index >= 15 is 0 Å². The minimum atomic E-state index is -0.903. The van der Waals surface area contributed by atoms with E-state index in [1.807, 2.05) is 0 Å². The SMILES string of the molecule is C1=CCC=CC(c2ccc(-c3cc(-c4ccccc4)nc(C45Cc6ccccc6C(c6nc(-c7ccccc7)cc(-c7ccc(-c8ccccc8)cc7)n6)(c6ccccc64)c4ccccc45)n3)cc2)=C1. The summed E-state index contributed by atoms with van der Waals surface area (Å²) >= 11 is 0. The molecule has 330 valence electrons. The summed E-state index contributed by atoms with van der Waals surface area (Å²) in [5.41, 5.74) is 17.5. The Kier molecular flexibility index (Phi) is 10.1. The predicted molar refractivity (Wildman–Crippen MR) is 284 cm³/mol. The summed E-state index contributed by atoms with van der Waals surface area (Å²) in [6.45, 7) is 0. The highest BCUT2D eigenvalue weighted by atomic mass is 15.0. The molecule has 0 atom stereocenters. The maximum absolute atomic E-state index is 5.76. The molecule has 2 aromatic heterocycles. The van der Waals surface area contributed by atoms with Gasteiger partial charge in [0.05, 0.1) is 28.2 Å². The van der Waals surface area contributed by atoms with E-state index in [2.05, 4.69) is 255 Å². The van der Waals surface area contributed by atoms with Crippen molar-refractivity contribution in [1.82, 2.24) is 19.9 Å². The fraction of sp³-hybridized carbons (Fsp3) is 0.0606. The lowest BCUT2D eigenvalue weighted by atomic mass is 9.57. The van der Waals surface area contributed by atoms with Gasteiger partial charge >= 0.3 is 0 Å². The Labute approximate surface area is 408 Å². The summed E-state index contributed by atoms with van der Waals surface area (Å²) in [7, 11) is 0. The molecule has 0 unspecified atom stereocenters. The van der Waals surface area contributed by atoms with Crippen molar-refractivity contribution in [3.05, 3.63) is 305 Å². The van der Waals surface area contributed by atoms with Crippen LogP contribution >= 0.6 is 0 Å². The molecular formula is C66H46N4. The summed E-state index contributed by atoms with van der Waals surface area (Å²) < 4.78 is 0. The average molecular weight is 895 g/mol. The lowest BCUT2D eigenvalue weighted by Crippen LogP contribution is -2.44. The molecule has 0 saturated heterocycles. The third kappa shape index (κ3) is 6.75. The van der Waals surface area contributed by atoms with Gasteiger partial charge in [0, 0.05) is 22.3 Å². The third-order valence-corrected chi connectivity index (χ3v) is 14.6. The molecule has 2 heterocycles. The van der Waals surface area contributed by atoms with Gasteiger partial charge in [-0.15, -0.1) is 0 Å². The van der Waals surface area contributed by atoms with Crippen molar-refractivity contribution in [2.75, 3.05) is 0 Å². The number of hydrogen-bond donors (Lipinski definition) is 0. The van der Waals surface area contributed by atoms with Crippen molar-refractivity contribution in [1.29, 1.82) is 0 Å². The highest BCUT2D eigenvalue weighted by Gasteiger charge is 2.59. The van der Waals surface area contributed by atoms with E-state index in [1.165, 1.54) is 22.3 Å². The number of hydrogen-bond acceptors (Lipinski definition) is 4. The quantitative estimate of drug-likeness (QED) is 0.152. The number of rotatable bonds is 8. The van der Waals surface area contributed by atoms with Gasteiger partial charge in [-0.1, -0.05) is 243 Å².